The minimum absolute atomic E-state index is 0.0820. The molecular formula is C9H19NO3. The SMILES string of the molecule is CCC(CN(C)C(C)(O)O)C(C)=O. The summed E-state index contributed by atoms with van der Waals surface area (Å²) in [6.07, 6.45) is 0.718. The van der Waals surface area contributed by atoms with Crippen LogP contribution in [0, 0.1) is 5.92 Å². The first-order valence-electron chi connectivity index (χ1n) is 4.45. The number of carbonyl (C=O) groups is 1. The predicted octanol–water partition coefficient (Wildman–Crippen LogP) is 0.192. The van der Waals surface area contributed by atoms with Crippen molar-refractivity contribution < 1.29 is 15.0 Å². The molecule has 0 aliphatic carbocycles. The monoisotopic (exact) mass is 189 g/mol. The molecule has 0 saturated carbocycles. The topological polar surface area (TPSA) is 60.8 Å². The lowest BCUT2D eigenvalue weighted by Gasteiger charge is -2.30. The van der Waals surface area contributed by atoms with E-state index in [2.05, 4.69) is 0 Å². The van der Waals surface area contributed by atoms with E-state index in [-0.39, 0.29) is 11.7 Å². The van der Waals surface area contributed by atoms with E-state index in [1.165, 1.54) is 18.7 Å². The fraction of sp³-hybridized carbons (Fsp3) is 0.889. The van der Waals surface area contributed by atoms with Gasteiger partial charge in [-0.05, 0) is 20.4 Å². The summed E-state index contributed by atoms with van der Waals surface area (Å²) >= 11 is 0. The van der Waals surface area contributed by atoms with Crippen molar-refractivity contribution in [2.75, 3.05) is 13.6 Å². The molecule has 1 atom stereocenters. The Morgan fingerprint density at radius 3 is 2.23 bits per heavy atom. The van der Waals surface area contributed by atoms with Gasteiger partial charge >= 0.3 is 0 Å². The highest BCUT2D eigenvalue weighted by Crippen LogP contribution is 2.11. The number of rotatable bonds is 5. The van der Waals surface area contributed by atoms with Crippen LogP contribution in [0.4, 0.5) is 0 Å². The van der Waals surface area contributed by atoms with Crippen LogP contribution in [0.15, 0.2) is 0 Å². The van der Waals surface area contributed by atoms with Crippen molar-refractivity contribution in [3.05, 3.63) is 0 Å². The number of aliphatic hydroxyl groups is 2. The molecule has 0 fully saturated rings. The van der Waals surface area contributed by atoms with Gasteiger partial charge in [0.15, 0.2) is 0 Å². The number of Topliss-reactive ketones (excluding diaryl/α,β-unsaturated/α-hetero) is 1. The normalized spacial score (nSPS) is 14.7. The maximum absolute atomic E-state index is 11.0. The molecule has 0 radical (unpaired) electrons. The third-order valence-electron chi connectivity index (χ3n) is 2.29. The third kappa shape index (κ3) is 4.36. The summed E-state index contributed by atoms with van der Waals surface area (Å²) in [7, 11) is 1.58. The summed E-state index contributed by atoms with van der Waals surface area (Å²) < 4.78 is 0. The van der Waals surface area contributed by atoms with Crippen molar-refractivity contribution in [1.29, 1.82) is 0 Å². The van der Waals surface area contributed by atoms with Crippen LogP contribution in [0.25, 0.3) is 0 Å². The van der Waals surface area contributed by atoms with Crippen LogP contribution in [0.2, 0.25) is 0 Å². The Bertz CT molecular complexity index is 174. The fourth-order valence-corrected chi connectivity index (χ4v) is 1.05. The van der Waals surface area contributed by atoms with Gasteiger partial charge in [-0.3, -0.25) is 9.69 Å². The maximum atomic E-state index is 11.0. The van der Waals surface area contributed by atoms with E-state index in [4.69, 9.17) is 0 Å². The molecule has 0 rings (SSSR count). The molecular weight excluding hydrogens is 170 g/mol. The summed E-state index contributed by atoms with van der Waals surface area (Å²) in [5.74, 6) is -1.88. The minimum atomic E-state index is -1.84. The fourth-order valence-electron chi connectivity index (χ4n) is 1.05. The molecule has 2 N–H and O–H groups in total. The largest absolute Gasteiger partial charge is 0.353 e. The van der Waals surface area contributed by atoms with Gasteiger partial charge in [0, 0.05) is 19.4 Å². The summed E-state index contributed by atoms with van der Waals surface area (Å²) in [5, 5.41) is 18.4. The quantitative estimate of drug-likeness (QED) is 0.606. The van der Waals surface area contributed by atoms with E-state index >= 15 is 0 Å². The summed E-state index contributed by atoms with van der Waals surface area (Å²) in [6.45, 7) is 5.08. The Morgan fingerprint density at radius 2 is 2.00 bits per heavy atom. The highest BCUT2D eigenvalue weighted by atomic mass is 16.5. The average Bonchev–Trinajstić information content (AvgIpc) is 1.96. The van der Waals surface area contributed by atoms with E-state index in [0.29, 0.717) is 6.54 Å². The molecule has 13 heavy (non-hydrogen) atoms. The third-order valence-corrected chi connectivity index (χ3v) is 2.29. The molecule has 4 nitrogen and oxygen atoms in total. The van der Waals surface area contributed by atoms with Crippen LogP contribution in [0.5, 0.6) is 0 Å². The zero-order valence-electron chi connectivity index (χ0n) is 8.74. The van der Waals surface area contributed by atoms with Crippen molar-refractivity contribution in [2.24, 2.45) is 5.92 Å². The van der Waals surface area contributed by atoms with E-state index < -0.39 is 5.91 Å². The Morgan fingerprint density at radius 1 is 1.54 bits per heavy atom. The first-order chi connectivity index (χ1) is 5.79. The highest BCUT2D eigenvalue weighted by molar-refractivity contribution is 5.78. The summed E-state index contributed by atoms with van der Waals surface area (Å²) in [5.41, 5.74) is 0. The first-order valence-corrected chi connectivity index (χ1v) is 4.45. The number of carbonyl (C=O) groups excluding carboxylic acids is 1. The average molecular weight is 189 g/mol. The molecule has 0 saturated heterocycles. The molecule has 1 unspecified atom stereocenters. The first kappa shape index (κ1) is 12.6. The van der Waals surface area contributed by atoms with Gasteiger partial charge in [0.2, 0.25) is 5.91 Å². The molecule has 0 amide bonds. The highest BCUT2D eigenvalue weighted by Gasteiger charge is 2.25. The van der Waals surface area contributed by atoms with Crippen LogP contribution < -0.4 is 0 Å². The van der Waals surface area contributed by atoms with Gasteiger partial charge in [-0.1, -0.05) is 6.92 Å². The second-order valence-corrected chi connectivity index (χ2v) is 3.57. The van der Waals surface area contributed by atoms with Crippen LogP contribution in [-0.4, -0.2) is 40.4 Å². The smallest absolute Gasteiger partial charge is 0.221 e. The van der Waals surface area contributed by atoms with Crippen LogP contribution in [-0.2, 0) is 4.79 Å². The van der Waals surface area contributed by atoms with Gasteiger partial charge in [0.25, 0.3) is 0 Å². The van der Waals surface area contributed by atoms with Crippen LogP contribution in [0.3, 0.4) is 0 Å². The molecule has 78 valence electrons. The van der Waals surface area contributed by atoms with Gasteiger partial charge in [0.1, 0.15) is 5.78 Å². The van der Waals surface area contributed by atoms with Gasteiger partial charge in [0.05, 0.1) is 0 Å². The maximum Gasteiger partial charge on any atom is 0.221 e. The predicted molar refractivity (Wildman–Crippen MR) is 49.9 cm³/mol. The summed E-state index contributed by atoms with van der Waals surface area (Å²) in [6, 6.07) is 0. The van der Waals surface area contributed by atoms with Gasteiger partial charge in [-0.25, -0.2) is 0 Å². The van der Waals surface area contributed by atoms with E-state index in [1.807, 2.05) is 6.92 Å². The van der Waals surface area contributed by atoms with Gasteiger partial charge < -0.3 is 10.2 Å². The lowest BCUT2D eigenvalue weighted by molar-refractivity contribution is -0.244. The lowest BCUT2D eigenvalue weighted by atomic mass is 10.0. The minimum Gasteiger partial charge on any atom is -0.353 e. The molecule has 4 heteroatoms. The van der Waals surface area contributed by atoms with Crippen molar-refractivity contribution in [3.8, 4) is 0 Å². The lowest BCUT2D eigenvalue weighted by Crippen LogP contribution is -2.46. The van der Waals surface area contributed by atoms with Crippen molar-refractivity contribution in [3.63, 3.8) is 0 Å². The number of hydrogen-bond donors (Lipinski definition) is 2. The number of ketones is 1. The Hall–Kier alpha value is -0.450. The van der Waals surface area contributed by atoms with E-state index in [9.17, 15) is 15.0 Å². The van der Waals surface area contributed by atoms with Crippen LogP contribution in [0.1, 0.15) is 27.2 Å². The Labute approximate surface area is 79.2 Å². The zero-order chi connectivity index (χ0) is 10.6. The number of hydrogen-bond acceptors (Lipinski definition) is 4. The van der Waals surface area contributed by atoms with Gasteiger partial charge in [-0.2, -0.15) is 0 Å². The number of nitrogens with zero attached hydrogens (tertiary/aromatic N) is 1. The van der Waals surface area contributed by atoms with E-state index in [0.717, 1.165) is 6.42 Å². The molecule has 0 spiro atoms. The standard InChI is InChI=1S/C9H19NO3/c1-5-8(7(2)11)6-10(4)9(3,12)13/h8,12-13H,5-6H2,1-4H3. The van der Waals surface area contributed by atoms with Gasteiger partial charge in [-0.15, -0.1) is 0 Å². The molecule has 0 bridgehead atoms. The summed E-state index contributed by atoms with van der Waals surface area (Å²) in [4.78, 5) is 12.4. The Kier molecular flexibility index (Phi) is 4.53. The van der Waals surface area contributed by atoms with Crippen molar-refractivity contribution >= 4 is 5.78 Å². The second kappa shape index (κ2) is 4.69. The van der Waals surface area contributed by atoms with Crippen LogP contribution >= 0.6 is 0 Å². The van der Waals surface area contributed by atoms with Crippen molar-refractivity contribution in [2.45, 2.75) is 33.1 Å². The molecule has 0 aromatic rings. The Balaban J connectivity index is 4.17. The molecule has 0 aromatic heterocycles. The van der Waals surface area contributed by atoms with Crippen molar-refractivity contribution in [1.82, 2.24) is 4.90 Å². The molecule has 0 aliphatic heterocycles. The molecule has 0 aliphatic rings. The second-order valence-electron chi connectivity index (χ2n) is 3.57. The zero-order valence-corrected chi connectivity index (χ0v) is 8.74. The molecule has 0 heterocycles. The molecule has 0 aromatic carbocycles. The van der Waals surface area contributed by atoms with E-state index in [1.54, 1.807) is 7.05 Å².